The predicted molar refractivity (Wildman–Crippen MR) is 124 cm³/mol. The van der Waals surface area contributed by atoms with Crippen LogP contribution in [0.3, 0.4) is 0 Å². The van der Waals surface area contributed by atoms with Crippen molar-refractivity contribution in [2.75, 3.05) is 6.61 Å². The van der Waals surface area contributed by atoms with E-state index >= 15 is 0 Å². The third-order valence-electron chi connectivity index (χ3n) is 5.37. The maximum Gasteiger partial charge on any atom is 0.313 e. The zero-order valence-electron chi connectivity index (χ0n) is 18.5. The first-order valence-corrected chi connectivity index (χ1v) is 12.1. The van der Waals surface area contributed by atoms with Gasteiger partial charge in [0.05, 0.1) is 23.1 Å². The molecule has 0 fully saturated rings. The van der Waals surface area contributed by atoms with Gasteiger partial charge in [0.2, 0.25) is 0 Å². The second-order valence-electron chi connectivity index (χ2n) is 7.64. The lowest BCUT2D eigenvalue weighted by Gasteiger charge is -2.41. The van der Waals surface area contributed by atoms with E-state index in [1.807, 2.05) is 26.0 Å². The fraction of sp³-hybridized carbons (Fsp3) is 0.320. The summed E-state index contributed by atoms with van der Waals surface area (Å²) in [7, 11) is -4.12. The first-order chi connectivity index (χ1) is 15.3. The minimum absolute atomic E-state index is 0.0665. The number of benzene rings is 2. The van der Waals surface area contributed by atoms with E-state index < -0.39 is 34.1 Å². The van der Waals surface area contributed by atoms with Crippen LogP contribution >= 0.6 is 0 Å². The van der Waals surface area contributed by atoms with Crippen LogP contribution in [-0.2, 0) is 19.6 Å². The Morgan fingerprint density at radius 2 is 1.75 bits per heavy atom. The molecule has 0 spiro atoms. The molecule has 0 aliphatic carbocycles. The Morgan fingerprint density at radius 3 is 2.34 bits per heavy atom. The predicted octanol–water partition coefficient (Wildman–Crippen LogP) is 4.12. The highest BCUT2D eigenvalue weighted by atomic mass is 32.2. The third-order valence-corrected chi connectivity index (χ3v) is 7.17. The van der Waals surface area contributed by atoms with Crippen molar-refractivity contribution in [1.29, 1.82) is 0 Å². The summed E-state index contributed by atoms with van der Waals surface area (Å²) < 4.78 is 33.7. The van der Waals surface area contributed by atoms with Crippen LogP contribution in [0.2, 0.25) is 0 Å². The lowest BCUT2D eigenvalue weighted by molar-refractivity contribution is -0.150. The van der Waals surface area contributed by atoms with E-state index in [0.29, 0.717) is 12.0 Å². The first-order valence-electron chi connectivity index (χ1n) is 10.7. The molecule has 7 heteroatoms. The van der Waals surface area contributed by atoms with E-state index in [0.717, 1.165) is 9.87 Å². The van der Waals surface area contributed by atoms with Gasteiger partial charge >= 0.3 is 5.97 Å². The molecule has 0 radical (unpaired) electrons. The summed E-state index contributed by atoms with van der Waals surface area (Å²) in [6.45, 7) is 5.70. The van der Waals surface area contributed by atoms with Crippen LogP contribution in [0.25, 0.3) is 5.70 Å². The molecule has 0 aromatic heterocycles. The molecule has 0 unspecified atom stereocenters. The molecule has 3 atom stereocenters. The van der Waals surface area contributed by atoms with Gasteiger partial charge in [0, 0.05) is 5.92 Å². The summed E-state index contributed by atoms with van der Waals surface area (Å²) in [5.41, 5.74) is 1.75. The molecule has 0 bridgehead atoms. The van der Waals surface area contributed by atoms with Gasteiger partial charge in [0.25, 0.3) is 10.0 Å². The fourth-order valence-corrected chi connectivity index (χ4v) is 5.30. The van der Waals surface area contributed by atoms with E-state index in [1.165, 1.54) is 12.1 Å². The molecule has 2 aromatic rings. The van der Waals surface area contributed by atoms with Crippen molar-refractivity contribution in [3.05, 3.63) is 84.0 Å². The van der Waals surface area contributed by atoms with E-state index in [1.54, 1.807) is 55.5 Å². The average molecular weight is 456 g/mol. The second-order valence-corrected chi connectivity index (χ2v) is 9.45. The molecule has 2 aromatic carbocycles. The molecule has 1 N–H and O–H groups in total. The van der Waals surface area contributed by atoms with Crippen molar-refractivity contribution in [3.63, 3.8) is 0 Å². The van der Waals surface area contributed by atoms with Gasteiger partial charge in [0.15, 0.2) is 0 Å². The molecule has 32 heavy (non-hydrogen) atoms. The number of aliphatic hydroxyl groups is 1. The number of hydrogen-bond donors (Lipinski definition) is 1. The summed E-state index contributed by atoms with van der Waals surface area (Å²) in [5.74, 6) is -2.12. The maximum atomic E-state index is 13.7. The van der Waals surface area contributed by atoms with Crippen molar-refractivity contribution < 1.29 is 23.1 Å². The number of allylic oxidation sites excluding steroid dienone is 1. The molecule has 1 aliphatic rings. The number of ether oxygens (including phenoxy) is 1. The van der Waals surface area contributed by atoms with Gasteiger partial charge in [0.1, 0.15) is 6.23 Å². The van der Waals surface area contributed by atoms with Gasteiger partial charge < -0.3 is 9.84 Å². The summed E-state index contributed by atoms with van der Waals surface area (Å²) in [6, 6.07) is 15.3. The van der Waals surface area contributed by atoms with Crippen molar-refractivity contribution >= 4 is 21.7 Å². The topological polar surface area (TPSA) is 83.9 Å². The van der Waals surface area contributed by atoms with Gasteiger partial charge in [-0.15, -0.1) is 0 Å². The van der Waals surface area contributed by atoms with Gasteiger partial charge in [-0.25, -0.2) is 12.7 Å². The highest BCUT2D eigenvalue weighted by Crippen LogP contribution is 2.40. The number of nitrogens with zero attached hydrogens (tertiary/aromatic N) is 1. The van der Waals surface area contributed by atoms with E-state index in [2.05, 4.69) is 0 Å². The Balaban J connectivity index is 2.22. The molecule has 0 saturated carbocycles. The average Bonchev–Trinajstić information content (AvgIpc) is 2.78. The zero-order chi connectivity index (χ0) is 23.3. The zero-order valence-corrected chi connectivity index (χ0v) is 19.3. The summed E-state index contributed by atoms with van der Waals surface area (Å²) in [5, 5.41) is 11.4. The van der Waals surface area contributed by atoms with Gasteiger partial charge in [-0.05, 0) is 44.0 Å². The van der Waals surface area contributed by atoms with Crippen LogP contribution in [0.5, 0.6) is 0 Å². The Labute approximate surface area is 189 Å². The Hall–Kier alpha value is -2.90. The SMILES string of the molecule is CC/C=C/[C@@H]1[C@@H](C(=O)OCC)C=C(c2ccccc2)N(S(=O)(=O)c2ccc(C)cc2)[C@@H]1O. The van der Waals surface area contributed by atoms with Gasteiger partial charge in [-0.1, -0.05) is 67.1 Å². The van der Waals surface area contributed by atoms with Crippen molar-refractivity contribution in [1.82, 2.24) is 4.31 Å². The molecule has 3 rings (SSSR count). The Bertz CT molecular complexity index is 1090. The van der Waals surface area contributed by atoms with Crippen LogP contribution in [0, 0.1) is 18.8 Å². The minimum Gasteiger partial charge on any atom is -0.466 e. The summed E-state index contributed by atoms with van der Waals surface area (Å²) in [6.07, 6.45) is 4.30. The van der Waals surface area contributed by atoms with E-state index in [-0.39, 0.29) is 17.2 Å². The lowest BCUT2D eigenvalue weighted by Crippen LogP contribution is -2.49. The first kappa shape index (κ1) is 23.8. The number of esters is 1. The monoisotopic (exact) mass is 455 g/mol. The van der Waals surface area contributed by atoms with Crippen molar-refractivity contribution in [3.8, 4) is 0 Å². The second kappa shape index (κ2) is 10.1. The number of carbonyl (C=O) groups excluding carboxylic acids is 1. The number of carbonyl (C=O) groups is 1. The van der Waals surface area contributed by atoms with Crippen LogP contribution in [0.15, 0.2) is 77.7 Å². The smallest absolute Gasteiger partial charge is 0.313 e. The highest BCUT2D eigenvalue weighted by molar-refractivity contribution is 7.89. The van der Waals surface area contributed by atoms with Gasteiger partial charge in [-0.2, -0.15) is 0 Å². The van der Waals surface area contributed by atoms with Crippen molar-refractivity contribution in [2.24, 2.45) is 11.8 Å². The van der Waals surface area contributed by atoms with Crippen LogP contribution < -0.4 is 0 Å². The minimum atomic E-state index is -4.12. The van der Waals surface area contributed by atoms with E-state index in [9.17, 15) is 18.3 Å². The lowest BCUT2D eigenvalue weighted by atomic mass is 9.85. The highest BCUT2D eigenvalue weighted by Gasteiger charge is 2.45. The number of sulfonamides is 1. The fourth-order valence-electron chi connectivity index (χ4n) is 3.74. The molecular formula is C25H29NO5S. The van der Waals surface area contributed by atoms with Gasteiger partial charge in [-0.3, -0.25) is 4.79 Å². The number of rotatable bonds is 7. The standard InChI is InChI=1S/C25H29NO5S/c1-4-6-12-21-22(25(28)31-5-2)17-23(19-10-8-7-9-11-19)26(24(21)27)32(29,30)20-15-13-18(3)14-16-20/h6-17,21-22,24,27H,4-5H2,1-3H3/b12-6+/t21-,22+,24-/m1/s1. The van der Waals surface area contributed by atoms with Crippen LogP contribution in [0.4, 0.5) is 0 Å². The Kier molecular flexibility index (Phi) is 7.53. The molecule has 0 amide bonds. The summed E-state index contributed by atoms with van der Waals surface area (Å²) >= 11 is 0. The number of aryl methyl sites for hydroxylation is 1. The van der Waals surface area contributed by atoms with Crippen molar-refractivity contribution in [2.45, 2.75) is 38.3 Å². The van der Waals surface area contributed by atoms with E-state index in [4.69, 9.17) is 4.74 Å². The summed E-state index contributed by atoms with van der Waals surface area (Å²) in [4.78, 5) is 12.8. The number of aliphatic hydroxyl groups excluding tert-OH is 1. The molecule has 170 valence electrons. The molecule has 1 heterocycles. The molecule has 6 nitrogen and oxygen atoms in total. The van der Waals surface area contributed by atoms with Crippen LogP contribution in [-0.4, -0.2) is 36.6 Å². The largest absolute Gasteiger partial charge is 0.466 e. The third kappa shape index (κ3) is 4.79. The molecule has 1 aliphatic heterocycles. The molecular weight excluding hydrogens is 426 g/mol. The number of hydrogen-bond acceptors (Lipinski definition) is 5. The maximum absolute atomic E-state index is 13.7. The van der Waals surface area contributed by atoms with Crippen LogP contribution in [0.1, 0.15) is 31.4 Å². The normalized spacial score (nSPS) is 21.4. The molecule has 0 saturated heterocycles. The quantitative estimate of drug-likeness (QED) is 0.502. The Morgan fingerprint density at radius 1 is 1.09 bits per heavy atom.